The molecular weight excluding hydrogens is 240 g/mol. The summed E-state index contributed by atoms with van der Waals surface area (Å²) in [5.74, 6) is 0.134. The molecule has 3 N–H and O–H groups in total. The zero-order chi connectivity index (χ0) is 13.1. The minimum atomic E-state index is -2.97. The summed E-state index contributed by atoms with van der Waals surface area (Å²) in [6, 6.07) is 0. The Hall–Kier alpha value is -0.620. The minimum Gasteiger partial charge on any atom is -0.355 e. The Balaban J connectivity index is 2.29. The Labute approximate surface area is 103 Å². The Bertz CT molecular complexity index is 371. The van der Waals surface area contributed by atoms with E-state index < -0.39 is 15.1 Å². The van der Waals surface area contributed by atoms with Gasteiger partial charge in [-0.25, -0.2) is 8.42 Å². The van der Waals surface area contributed by atoms with Gasteiger partial charge >= 0.3 is 0 Å². The second-order valence-corrected chi connectivity index (χ2v) is 7.82. The molecule has 1 aliphatic heterocycles. The molecule has 1 atom stereocenters. The number of carbonyl (C=O) groups excluding carboxylic acids is 1. The fourth-order valence-electron chi connectivity index (χ4n) is 1.84. The molecule has 0 spiro atoms. The molecule has 0 saturated carbocycles. The molecule has 5 nitrogen and oxygen atoms in total. The molecule has 6 heteroatoms. The van der Waals surface area contributed by atoms with E-state index in [2.05, 4.69) is 5.32 Å². The van der Waals surface area contributed by atoms with Crippen molar-refractivity contribution in [2.75, 3.05) is 12.3 Å². The van der Waals surface area contributed by atoms with Gasteiger partial charge in [-0.3, -0.25) is 4.79 Å². The van der Waals surface area contributed by atoms with E-state index in [-0.39, 0.29) is 23.7 Å². The molecule has 0 aromatic carbocycles. The van der Waals surface area contributed by atoms with Gasteiger partial charge in [-0.15, -0.1) is 0 Å². The molecule has 0 aromatic rings. The summed E-state index contributed by atoms with van der Waals surface area (Å²) in [7, 11) is -2.97. The number of carbonyl (C=O) groups is 1. The van der Waals surface area contributed by atoms with Gasteiger partial charge in [0.15, 0.2) is 9.84 Å². The predicted octanol–water partition coefficient (Wildman–Crippen LogP) is 0.197. The zero-order valence-corrected chi connectivity index (χ0v) is 11.3. The largest absolute Gasteiger partial charge is 0.355 e. The van der Waals surface area contributed by atoms with Crippen molar-refractivity contribution in [1.29, 1.82) is 0 Å². The fourth-order valence-corrected chi connectivity index (χ4v) is 3.60. The molecule has 1 amide bonds. The molecule has 0 aromatic heterocycles. The summed E-state index contributed by atoms with van der Waals surface area (Å²) in [5.41, 5.74) is 5.40. The van der Waals surface area contributed by atoms with Crippen molar-refractivity contribution in [1.82, 2.24) is 5.32 Å². The molecule has 100 valence electrons. The first-order valence-electron chi connectivity index (χ1n) is 5.98. The highest BCUT2D eigenvalue weighted by molar-refractivity contribution is 7.92. The van der Waals surface area contributed by atoms with Crippen LogP contribution in [0.2, 0.25) is 0 Å². The minimum absolute atomic E-state index is 0.120. The Morgan fingerprint density at radius 1 is 1.47 bits per heavy atom. The van der Waals surface area contributed by atoms with E-state index in [0.717, 1.165) is 0 Å². The SMILES string of the molecule is CC(C)(N)CCC(=O)NCC1CCCS1(=O)=O. The third-order valence-electron chi connectivity index (χ3n) is 2.99. The predicted molar refractivity (Wildman–Crippen MR) is 67.3 cm³/mol. The topological polar surface area (TPSA) is 89.3 Å². The van der Waals surface area contributed by atoms with Crippen LogP contribution in [0.5, 0.6) is 0 Å². The number of hydrogen-bond donors (Lipinski definition) is 2. The molecule has 1 saturated heterocycles. The Morgan fingerprint density at radius 2 is 2.12 bits per heavy atom. The van der Waals surface area contributed by atoms with Gasteiger partial charge in [-0.1, -0.05) is 0 Å². The standard InChI is InChI=1S/C11H22N2O3S/c1-11(2,12)6-5-10(14)13-8-9-4-3-7-17(9,15)16/h9H,3-8,12H2,1-2H3,(H,13,14). The maximum atomic E-state index is 11.5. The van der Waals surface area contributed by atoms with Crippen molar-refractivity contribution >= 4 is 15.7 Å². The maximum Gasteiger partial charge on any atom is 0.220 e. The number of hydrogen-bond acceptors (Lipinski definition) is 4. The maximum absolute atomic E-state index is 11.5. The smallest absolute Gasteiger partial charge is 0.220 e. The summed E-state index contributed by atoms with van der Waals surface area (Å²) in [5, 5.41) is 2.29. The van der Waals surface area contributed by atoms with Crippen molar-refractivity contribution in [2.45, 2.75) is 50.3 Å². The second kappa shape index (κ2) is 5.35. The second-order valence-electron chi connectivity index (χ2n) is 5.42. The van der Waals surface area contributed by atoms with E-state index in [1.807, 2.05) is 13.8 Å². The van der Waals surface area contributed by atoms with Gasteiger partial charge < -0.3 is 11.1 Å². The van der Waals surface area contributed by atoms with Gasteiger partial charge in [0.2, 0.25) is 5.91 Å². The monoisotopic (exact) mass is 262 g/mol. The van der Waals surface area contributed by atoms with Gasteiger partial charge in [0.05, 0.1) is 11.0 Å². The summed E-state index contributed by atoms with van der Waals surface area (Å²) >= 11 is 0. The molecule has 0 radical (unpaired) electrons. The van der Waals surface area contributed by atoms with Crippen LogP contribution < -0.4 is 11.1 Å². The summed E-state index contributed by atoms with van der Waals surface area (Å²) < 4.78 is 23.0. The number of amides is 1. The van der Waals surface area contributed by atoms with Crippen molar-refractivity contribution in [3.8, 4) is 0 Å². The molecule has 1 rings (SSSR count). The summed E-state index contributed by atoms with van der Waals surface area (Å²) in [6.45, 7) is 3.97. The first kappa shape index (κ1) is 14.4. The van der Waals surface area contributed by atoms with Crippen LogP contribution in [-0.2, 0) is 14.6 Å². The number of rotatable bonds is 5. The van der Waals surface area contributed by atoms with E-state index in [9.17, 15) is 13.2 Å². The van der Waals surface area contributed by atoms with Crippen LogP contribution in [0.25, 0.3) is 0 Å². The van der Waals surface area contributed by atoms with E-state index in [4.69, 9.17) is 5.73 Å². The van der Waals surface area contributed by atoms with Gasteiger partial charge in [-0.05, 0) is 33.1 Å². The van der Waals surface area contributed by atoms with Crippen LogP contribution >= 0.6 is 0 Å². The van der Waals surface area contributed by atoms with E-state index >= 15 is 0 Å². The van der Waals surface area contributed by atoms with Crippen molar-refractivity contribution in [3.05, 3.63) is 0 Å². The van der Waals surface area contributed by atoms with Crippen LogP contribution in [0.1, 0.15) is 39.5 Å². The molecule has 1 heterocycles. The van der Waals surface area contributed by atoms with E-state index in [1.54, 1.807) is 0 Å². The van der Waals surface area contributed by atoms with Crippen LogP contribution in [-0.4, -0.2) is 37.4 Å². The van der Waals surface area contributed by atoms with Gasteiger partial charge in [0.1, 0.15) is 0 Å². The van der Waals surface area contributed by atoms with Crippen LogP contribution in [0.4, 0.5) is 0 Å². The highest BCUT2D eigenvalue weighted by Crippen LogP contribution is 2.19. The lowest BCUT2D eigenvalue weighted by atomic mass is 10.00. The Kier molecular flexibility index (Phi) is 4.55. The molecule has 0 bridgehead atoms. The summed E-state index contributed by atoms with van der Waals surface area (Å²) in [4.78, 5) is 11.5. The number of nitrogens with one attached hydrogen (secondary N) is 1. The van der Waals surface area contributed by atoms with Gasteiger partial charge in [0.25, 0.3) is 0 Å². The molecule has 1 aliphatic rings. The molecule has 1 fully saturated rings. The van der Waals surface area contributed by atoms with Crippen molar-refractivity contribution in [2.24, 2.45) is 5.73 Å². The highest BCUT2D eigenvalue weighted by atomic mass is 32.2. The lowest BCUT2D eigenvalue weighted by Gasteiger charge is -2.18. The highest BCUT2D eigenvalue weighted by Gasteiger charge is 2.31. The zero-order valence-electron chi connectivity index (χ0n) is 10.5. The first-order chi connectivity index (χ1) is 7.71. The van der Waals surface area contributed by atoms with Crippen LogP contribution in [0.3, 0.4) is 0 Å². The normalized spacial score (nSPS) is 23.6. The summed E-state index contributed by atoms with van der Waals surface area (Å²) in [6.07, 6.45) is 2.30. The van der Waals surface area contributed by atoms with Crippen LogP contribution in [0, 0.1) is 0 Å². The number of sulfone groups is 1. The Morgan fingerprint density at radius 3 is 2.59 bits per heavy atom. The lowest BCUT2D eigenvalue weighted by Crippen LogP contribution is -2.37. The average molecular weight is 262 g/mol. The first-order valence-corrected chi connectivity index (χ1v) is 7.69. The number of nitrogens with two attached hydrogens (primary N) is 1. The van der Waals surface area contributed by atoms with Gasteiger partial charge in [0, 0.05) is 18.5 Å². The third-order valence-corrected chi connectivity index (χ3v) is 5.26. The molecule has 0 aliphatic carbocycles. The fraction of sp³-hybridized carbons (Fsp3) is 0.909. The van der Waals surface area contributed by atoms with E-state index in [0.29, 0.717) is 25.7 Å². The van der Waals surface area contributed by atoms with Crippen molar-refractivity contribution < 1.29 is 13.2 Å². The quantitative estimate of drug-likeness (QED) is 0.740. The van der Waals surface area contributed by atoms with Crippen LogP contribution in [0.15, 0.2) is 0 Å². The lowest BCUT2D eigenvalue weighted by molar-refractivity contribution is -0.121. The molecular formula is C11H22N2O3S. The molecule has 17 heavy (non-hydrogen) atoms. The van der Waals surface area contributed by atoms with E-state index in [1.165, 1.54) is 0 Å². The molecule has 1 unspecified atom stereocenters. The average Bonchev–Trinajstić information content (AvgIpc) is 2.50. The van der Waals surface area contributed by atoms with Crippen molar-refractivity contribution in [3.63, 3.8) is 0 Å². The van der Waals surface area contributed by atoms with Gasteiger partial charge in [-0.2, -0.15) is 0 Å². The third kappa shape index (κ3) is 5.04.